The second-order valence-corrected chi connectivity index (χ2v) is 4.07. The maximum absolute atomic E-state index is 11.5. The molecule has 1 aromatic carbocycles. The van der Waals surface area contributed by atoms with E-state index in [1.165, 1.54) is 0 Å². The van der Waals surface area contributed by atoms with Crippen molar-refractivity contribution in [1.29, 1.82) is 0 Å². The van der Waals surface area contributed by atoms with Gasteiger partial charge in [-0.3, -0.25) is 14.9 Å². The van der Waals surface area contributed by atoms with E-state index in [1.54, 1.807) is 25.3 Å². The fourth-order valence-corrected chi connectivity index (χ4v) is 1.87. The van der Waals surface area contributed by atoms with E-state index in [2.05, 4.69) is 5.32 Å². The normalized spacial score (nSPS) is 16.6. The van der Waals surface area contributed by atoms with Gasteiger partial charge < -0.3 is 9.47 Å². The second-order valence-electron chi connectivity index (χ2n) is 4.07. The molecule has 0 saturated carbocycles. The third kappa shape index (κ3) is 2.93. The van der Waals surface area contributed by atoms with Crippen molar-refractivity contribution in [3.8, 4) is 11.5 Å². The first-order chi connectivity index (χ1) is 9.13. The highest BCUT2D eigenvalue weighted by molar-refractivity contribution is 6.15. The van der Waals surface area contributed by atoms with Gasteiger partial charge >= 0.3 is 0 Å². The van der Waals surface area contributed by atoms with Crippen LogP contribution in [0.15, 0.2) is 23.8 Å². The van der Waals surface area contributed by atoms with Gasteiger partial charge in [0.15, 0.2) is 11.5 Å². The highest BCUT2D eigenvalue weighted by Gasteiger charge is 2.23. The van der Waals surface area contributed by atoms with Gasteiger partial charge in [-0.05, 0) is 30.7 Å². The van der Waals surface area contributed by atoms with Crippen LogP contribution in [0.2, 0.25) is 0 Å². The summed E-state index contributed by atoms with van der Waals surface area (Å²) in [6.07, 6.45) is 1.80. The summed E-state index contributed by atoms with van der Waals surface area (Å²) in [5.74, 6) is 0.645. The van der Waals surface area contributed by atoms with Gasteiger partial charge in [0.05, 0.1) is 20.1 Å². The Hall–Kier alpha value is -2.30. The van der Waals surface area contributed by atoms with Crippen molar-refractivity contribution >= 4 is 17.9 Å². The molecule has 1 fully saturated rings. The summed E-state index contributed by atoms with van der Waals surface area (Å²) in [6.45, 7) is 2.44. The topological polar surface area (TPSA) is 64.6 Å². The fraction of sp³-hybridized carbons (Fsp3) is 0.286. The molecule has 5 heteroatoms. The lowest BCUT2D eigenvalue weighted by Gasteiger charge is -2.09. The largest absolute Gasteiger partial charge is 0.493 e. The Kier molecular flexibility index (Phi) is 3.85. The third-order valence-corrected chi connectivity index (χ3v) is 2.72. The molecule has 0 unspecified atom stereocenters. The average Bonchev–Trinajstić information content (AvgIpc) is 2.70. The molecule has 19 heavy (non-hydrogen) atoms. The molecule has 2 amide bonds. The van der Waals surface area contributed by atoms with Crippen LogP contribution in [0.25, 0.3) is 6.08 Å². The number of hydrogen-bond acceptors (Lipinski definition) is 4. The smallest absolute Gasteiger partial charge is 0.254 e. The number of hydrogen-bond donors (Lipinski definition) is 1. The number of imide groups is 1. The van der Waals surface area contributed by atoms with Crippen LogP contribution >= 0.6 is 0 Å². The maximum atomic E-state index is 11.5. The standard InChI is InChI=1S/C14H15NO4/c1-3-19-11-5-4-9(7-12(11)18-2)6-10-8-13(16)15-14(10)17/h4-7H,3,8H2,1-2H3,(H,15,16,17). The van der Waals surface area contributed by atoms with Crippen molar-refractivity contribution in [2.45, 2.75) is 13.3 Å². The van der Waals surface area contributed by atoms with Crippen LogP contribution in [0.1, 0.15) is 18.9 Å². The van der Waals surface area contributed by atoms with Gasteiger partial charge in [0.2, 0.25) is 5.91 Å². The minimum atomic E-state index is -0.335. The molecule has 0 aromatic heterocycles. The maximum Gasteiger partial charge on any atom is 0.254 e. The zero-order chi connectivity index (χ0) is 13.8. The van der Waals surface area contributed by atoms with Crippen LogP contribution in [-0.2, 0) is 9.59 Å². The van der Waals surface area contributed by atoms with Gasteiger partial charge in [-0.1, -0.05) is 6.07 Å². The number of methoxy groups -OCH3 is 1. The number of ether oxygens (including phenoxy) is 2. The number of carbonyl (C=O) groups is 2. The zero-order valence-corrected chi connectivity index (χ0v) is 10.9. The van der Waals surface area contributed by atoms with Crippen molar-refractivity contribution in [2.24, 2.45) is 0 Å². The van der Waals surface area contributed by atoms with Crippen molar-refractivity contribution < 1.29 is 19.1 Å². The molecular weight excluding hydrogens is 246 g/mol. The Labute approximate surface area is 111 Å². The zero-order valence-electron chi connectivity index (χ0n) is 10.9. The van der Waals surface area contributed by atoms with Crippen LogP contribution in [0.4, 0.5) is 0 Å². The number of benzene rings is 1. The summed E-state index contributed by atoms with van der Waals surface area (Å²) in [7, 11) is 1.56. The molecule has 1 heterocycles. The second kappa shape index (κ2) is 5.56. The Morgan fingerprint density at radius 1 is 1.32 bits per heavy atom. The van der Waals surface area contributed by atoms with Gasteiger partial charge in [-0.25, -0.2) is 0 Å². The van der Waals surface area contributed by atoms with Crippen LogP contribution in [0.3, 0.4) is 0 Å². The van der Waals surface area contributed by atoms with Crippen LogP contribution in [0.5, 0.6) is 11.5 Å². The molecule has 2 rings (SSSR count). The first kappa shape index (κ1) is 13.1. The third-order valence-electron chi connectivity index (χ3n) is 2.72. The van der Waals surface area contributed by atoms with Gasteiger partial charge in [0.25, 0.3) is 5.91 Å². The Bertz CT molecular complexity index is 548. The van der Waals surface area contributed by atoms with Crippen LogP contribution in [-0.4, -0.2) is 25.5 Å². The summed E-state index contributed by atoms with van der Waals surface area (Å²) in [5, 5.41) is 2.25. The summed E-state index contributed by atoms with van der Waals surface area (Å²) in [6, 6.07) is 5.37. The highest BCUT2D eigenvalue weighted by Crippen LogP contribution is 2.29. The fourth-order valence-electron chi connectivity index (χ4n) is 1.87. The van der Waals surface area contributed by atoms with E-state index in [4.69, 9.17) is 9.47 Å². The number of rotatable bonds is 4. The van der Waals surface area contributed by atoms with Crippen molar-refractivity contribution in [3.63, 3.8) is 0 Å². The van der Waals surface area contributed by atoms with Crippen LogP contribution in [0, 0.1) is 0 Å². The van der Waals surface area contributed by atoms with E-state index < -0.39 is 0 Å². The lowest BCUT2D eigenvalue weighted by molar-refractivity contribution is -0.124. The molecule has 100 valence electrons. The number of amides is 2. The molecule has 0 spiro atoms. The average molecular weight is 261 g/mol. The molecule has 1 aromatic rings. The predicted octanol–water partition coefficient (Wildman–Crippen LogP) is 1.52. The summed E-state index contributed by atoms with van der Waals surface area (Å²) >= 11 is 0. The molecular formula is C14H15NO4. The van der Waals surface area contributed by atoms with Crippen molar-refractivity contribution in [3.05, 3.63) is 29.3 Å². The van der Waals surface area contributed by atoms with Gasteiger partial charge in [0, 0.05) is 5.57 Å². The molecule has 0 radical (unpaired) electrons. The lowest BCUT2D eigenvalue weighted by atomic mass is 10.1. The highest BCUT2D eigenvalue weighted by atomic mass is 16.5. The summed E-state index contributed by atoms with van der Waals surface area (Å²) < 4.78 is 10.6. The molecule has 1 aliphatic rings. The molecule has 0 aliphatic carbocycles. The van der Waals surface area contributed by atoms with E-state index in [-0.39, 0.29) is 18.2 Å². The number of nitrogens with one attached hydrogen (secondary N) is 1. The monoisotopic (exact) mass is 261 g/mol. The van der Waals surface area contributed by atoms with E-state index in [0.717, 1.165) is 5.56 Å². The summed E-state index contributed by atoms with van der Waals surface area (Å²) in [4.78, 5) is 22.6. The Morgan fingerprint density at radius 2 is 2.11 bits per heavy atom. The van der Waals surface area contributed by atoms with E-state index in [9.17, 15) is 9.59 Å². The van der Waals surface area contributed by atoms with Crippen molar-refractivity contribution in [2.75, 3.05) is 13.7 Å². The van der Waals surface area contributed by atoms with E-state index >= 15 is 0 Å². The van der Waals surface area contributed by atoms with Crippen LogP contribution < -0.4 is 14.8 Å². The molecule has 0 bridgehead atoms. The molecule has 1 saturated heterocycles. The molecule has 1 N–H and O–H groups in total. The van der Waals surface area contributed by atoms with Gasteiger partial charge in [-0.15, -0.1) is 0 Å². The molecule has 5 nitrogen and oxygen atoms in total. The van der Waals surface area contributed by atoms with E-state index in [0.29, 0.717) is 23.7 Å². The minimum Gasteiger partial charge on any atom is -0.493 e. The number of carbonyl (C=O) groups excluding carboxylic acids is 2. The van der Waals surface area contributed by atoms with Gasteiger partial charge in [-0.2, -0.15) is 0 Å². The lowest BCUT2D eigenvalue weighted by Crippen LogP contribution is -2.19. The quantitative estimate of drug-likeness (QED) is 0.659. The Morgan fingerprint density at radius 3 is 2.68 bits per heavy atom. The molecule has 1 aliphatic heterocycles. The molecule has 0 atom stereocenters. The SMILES string of the molecule is CCOc1ccc(C=C2CC(=O)NC2=O)cc1OC. The van der Waals surface area contributed by atoms with Gasteiger partial charge in [0.1, 0.15) is 0 Å². The van der Waals surface area contributed by atoms with Crippen molar-refractivity contribution in [1.82, 2.24) is 5.32 Å². The predicted molar refractivity (Wildman–Crippen MR) is 69.9 cm³/mol. The minimum absolute atomic E-state index is 0.119. The Balaban J connectivity index is 2.29. The summed E-state index contributed by atoms with van der Waals surface area (Å²) in [5.41, 5.74) is 1.25. The van der Waals surface area contributed by atoms with E-state index in [1.807, 2.05) is 13.0 Å². The first-order valence-corrected chi connectivity index (χ1v) is 5.99. The first-order valence-electron chi connectivity index (χ1n) is 5.99.